The molecule has 0 aromatic carbocycles. The second-order valence-corrected chi connectivity index (χ2v) is 28.9. The third-order valence-electron chi connectivity index (χ3n) is 19.9. The highest BCUT2D eigenvalue weighted by molar-refractivity contribution is 5.70. The van der Waals surface area contributed by atoms with E-state index in [1.54, 1.807) is 0 Å². The molecule has 0 aromatic rings. The van der Waals surface area contributed by atoms with Gasteiger partial charge in [0.1, 0.15) is 6.61 Å². The molecule has 0 aliphatic rings. The third kappa shape index (κ3) is 77.3. The van der Waals surface area contributed by atoms with Crippen LogP contribution in [0, 0.1) is 0 Å². The van der Waals surface area contributed by atoms with E-state index in [2.05, 4.69) is 13.8 Å². The molecule has 1 N–H and O–H groups in total. The first-order valence-electron chi connectivity index (χ1n) is 41.6. The van der Waals surface area contributed by atoms with Crippen molar-refractivity contribution in [2.45, 2.75) is 508 Å². The van der Waals surface area contributed by atoms with Crippen LogP contribution in [-0.4, -0.2) is 36.4 Å². The Morgan fingerprint density at radius 2 is 0.352 bits per heavy atom. The predicted molar refractivity (Wildman–Crippen MR) is 390 cm³/mol. The summed E-state index contributed by atoms with van der Waals surface area (Å²) in [6, 6.07) is 0. The van der Waals surface area contributed by atoms with Crippen LogP contribution in [0.15, 0.2) is 0 Å². The Morgan fingerprint density at radius 3 is 0.500 bits per heavy atom. The van der Waals surface area contributed by atoms with Crippen LogP contribution in [0.3, 0.4) is 0 Å². The van der Waals surface area contributed by atoms with E-state index in [0.717, 1.165) is 32.1 Å². The van der Waals surface area contributed by atoms with E-state index in [4.69, 9.17) is 9.47 Å². The maximum Gasteiger partial charge on any atom is 0.306 e. The molecule has 1 atom stereocenters. The van der Waals surface area contributed by atoms with Gasteiger partial charge in [0.15, 0.2) is 6.10 Å². The maximum atomic E-state index is 12.4. The average Bonchev–Trinajstić information content (AvgIpc) is 3.54. The monoisotopic (exact) mass is 1240 g/mol. The molecule has 0 bridgehead atoms. The molecule has 0 heterocycles. The van der Waals surface area contributed by atoms with E-state index in [0.29, 0.717) is 12.8 Å². The third-order valence-corrected chi connectivity index (χ3v) is 19.9. The van der Waals surface area contributed by atoms with Crippen molar-refractivity contribution in [2.75, 3.05) is 13.2 Å². The van der Waals surface area contributed by atoms with Gasteiger partial charge in [-0.1, -0.05) is 476 Å². The molecule has 0 fully saturated rings. The molecule has 0 amide bonds. The van der Waals surface area contributed by atoms with E-state index in [9.17, 15) is 14.7 Å². The molecule has 0 radical (unpaired) electrons. The molecule has 0 saturated carbocycles. The smallest absolute Gasteiger partial charge is 0.306 e. The SMILES string of the molecule is CCCCCCCCCCCCCCCCCCCCCCCCCCCCCCCCCCCCCCCCCCC(=O)OC(CO)COC(=O)CCCCCCCCCCCCCCCCCCCCCCCCCCCCCCCCCCCC. The summed E-state index contributed by atoms with van der Waals surface area (Å²) in [6.45, 7) is 4.24. The number of unbranched alkanes of at least 4 members (excludes halogenated alkanes) is 72. The Morgan fingerprint density at radius 1 is 0.216 bits per heavy atom. The summed E-state index contributed by atoms with van der Waals surface area (Å²) < 4.78 is 10.8. The van der Waals surface area contributed by atoms with Crippen LogP contribution < -0.4 is 0 Å². The number of hydrogen-bond acceptors (Lipinski definition) is 5. The zero-order valence-electron chi connectivity index (χ0n) is 60.8. The van der Waals surface area contributed by atoms with E-state index < -0.39 is 6.10 Å². The van der Waals surface area contributed by atoms with Gasteiger partial charge in [0, 0.05) is 12.8 Å². The summed E-state index contributed by atoms with van der Waals surface area (Å²) in [6.07, 6.45) is 104. The van der Waals surface area contributed by atoms with Crippen LogP contribution in [0.25, 0.3) is 0 Å². The Bertz CT molecular complexity index is 1270. The molecule has 5 nitrogen and oxygen atoms in total. The minimum atomic E-state index is -0.767. The van der Waals surface area contributed by atoms with Crippen molar-refractivity contribution in [1.82, 2.24) is 0 Å². The molecule has 0 spiro atoms. The van der Waals surface area contributed by atoms with Crippen LogP contribution in [0.2, 0.25) is 0 Å². The summed E-state index contributed by atoms with van der Waals surface area (Å²) in [5.74, 6) is -0.555. The van der Waals surface area contributed by atoms with E-state index >= 15 is 0 Å². The zero-order valence-corrected chi connectivity index (χ0v) is 60.8. The number of carbonyl (C=O) groups excluding carboxylic acids is 2. The van der Waals surface area contributed by atoms with Crippen molar-refractivity contribution in [3.05, 3.63) is 0 Å². The normalized spacial score (nSPS) is 12.0. The van der Waals surface area contributed by atoms with E-state index in [-0.39, 0.29) is 25.2 Å². The number of rotatable bonds is 80. The molecule has 0 aliphatic heterocycles. The van der Waals surface area contributed by atoms with Crippen LogP contribution in [-0.2, 0) is 19.1 Å². The van der Waals surface area contributed by atoms with E-state index in [1.165, 1.54) is 443 Å². The van der Waals surface area contributed by atoms with Gasteiger partial charge in [-0.15, -0.1) is 0 Å². The first-order valence-corrected chi connectivity index (χ1v) is 41.6. The fourth-order valence-corrected chi connectivity index (χ4v) is 13.7. The first kappa shape index (κ1) is 86.9. The fourth-order valence-electron chi connectivity index (χ4n) is 13.7. The molecule has 0 rings (SSSR count). The van der Waals surface area contributed by atoms with Crippen molar-refractivity contribution in [3.8, 4) is 0 Å². The van der Waals surface area contributed by atoms with Crippen LogP contribution in [0.4, 0.5) is 0 Å². The molecule has 0 aromatic heterocycles. The lowest BCUT2D eigenvalue weighted by Crippen LogP contribution is -2.28. The highest BCUT2D eigenvalue weighted by Crippen LogP contribution is 2.21. The Hall–Kier alpha value is -1.10. The van der Waals surface area contributed by atoms with Gasteiger partial charge >= 0.3 is 11.9 Å². The molecular formula is C83H164O5. The molecule has 0 aliphatic carbocycles. The van der Waals surface area contributed by atoms with Crippen LogP contribution >= 0.6 is 0 Å². The molecule has 1 unspecified atom stereocenters. The lowest BCUT2D eigenvalue weighted by molar-refractivity contribution is -0.161. The molecule has 5 heteroatoms. The number of ether oxygens (including phenoxy) is 2. The summed E-state index contributed by atoms with van der Waals surface area (Å²) in [4.78, 5) is 24.7. The number of carbonyl (C=O) groups is 2. The van der Waals surface area contributed by atoms with Gasteiger partial charge in [0.05, 0.1) is 6.61 Å². The lowest BCUT2D eigenvalue weighted by Gasteiger charge is -2.15. The largest absolute Gasteiger partial charge is 0.462 e. The molecular weight excluding hydrogens is 1080 g/mol. The van der Waals surface area contributed by atoms with Crippen molar-refractivity contribution < 1.29 is 24.2 Å². The van der Waals surface area contributed by atoms with Gasteiger partial charge in [-0.25, -0.2) is 0 Å². The quantitative estimate of drug-likeness (QED) is 0.0485. The minimum Gasteiger partial charge on any atom is -0.462 e. The molecule has 88 heavy (non-hydrogen) atoms. The van der Waals surface area contributed by atoms with Gasteiger partial charge in [-0.05, 0) is 12.8 Å². The average molecular weight is 1240 g/mol. The Labute approximate surface area is 554 Å². The van der Waals surface area contributed by atoms with Crippen molar-refractivity contribution >= 4 is 11.9 Å². The van der Waals surface area contributed by atoms with Gasteiger partial charge < -0.3 is 14.6 Å². The number of aliphatic hydroxyl groups is 1. The Kier molecular flexibility index (Phi) is 79.1. The standard InChI is InChI=1S/C83H164O5/c1-3-5-7-9-11-13-15-17-19-21-23-25-27-29-31-33-35-37-39-40-41-42-43-44-46-48-50-52-54-56-58-60-62-64-66-68-70-72-74-76-78-83(86)88-81(79-84)80-87-82(85)77-75-73-71-69-67-65-63-61-59-57-55-53-51-49-47-45-38-36-34-32-30-28-26-24-22-20-18-16-14-12-10-8-6-4-2/h81,84H,3-80H2,1-2H3. The lowest BCUT2D eigenvalue weighted by atomic mass is 10.0. The van der Waals surface area contributed by atoms with Crippen LogP contribution in [0.1, 0.15) is 502 Å². The number of hydrogen-bond donors (Lipinski definition) is 1. The van der Waals surface area contributed by atoms with Gasteiger partial charge in [-0.3, -0.25) is 9.59 Å². The van der Waals surface area contributed by atoms with Gasteiger partial charge in [0.2, 0.25) is 0 Å². The summed E-state index contributed by atoms with van der Waals surface area (Å²) >= 11 is 0. The summed E-state index contributed by atoms with van der Waals surface area (Å²) in [5, 5.41) is 9.73. The number of aliphatic hydroxyl groups excluding tert-OH is 1. The van der Waals surface area contributed by atoms with Gasteiger partial charge in [-0.2, -0.15) is 0 Å². The van der Waals surface area contributed by atoms with Crippen molar-refractivity contribution in [1.29, 1.82) is 0 Å². The first-order chi connectivity index (χ1) is 43.6. The minimum absolute atomic E-state index is 0.0551. The maximum absolute atomic E-state index is 12.4. The zero-order chi connectivity index (χ0) is 63.3. The highest BCUT2D eigenvalue weighted by atomic mass is 16.6. The fraction of sp³-hybridized carbons (Fsp3) is 0.976. The van der Waals surface area contributed by atoms with Crippen LogP contribution in [0.5, 0.6) is 0 Å². The number of esters is 2. The second-order valence-electron chi connectivity index (χ2n) is 28.9. The van der Waals surface area contributed by atoms with Crippen molar-refractivity contribution in [3.63, 3.8) is 0 Å². The topological polar surface area (TPSA) is 72.8 Å². The predicted octanol–water partition coefficient (Wildman–Crippen LogP) is 29.1. The van der Waals surface area contributed by atoms with Crippen molar-refractivity contribution in [2.24, 2.45) is 0 Å². The second kappa shape index (κ2) is 80.1. The van der Waals surface area contributed by atoms with Gasteiger partial charge in [0.25, 0.3) is 0 Å². The summed E-state index contributed by atoms with van der Waals surface area (Å²) in [5.41, 5.74) is 0. The van der Waals surface area contributed by atoms with E-state index in [1.807, 2.05) is 0 Å². The Balaban J connectivity index is 3.32. The highest BCUT2D eigenvalue weighted by Gasteiger charge is 2.16. The molecule has 526 valence electrons. The summed E-state index contributed by atoms with van der Waals surface area (Å²) in [7, 11) is 0. The molecule has 0 saturated heterocycles.